The van der Waals surface area contributed by atoms with E-state index in [1.165, 1.54) is 0 Å². The molecule has 1 saturated heterocycles. The third-order valence-electron chi connectivity index (χ3n) is 3.37. The summed E-state index contributed by atoms with van der Waals surface area (Å²) in [7, 11) is 0. The fourth-order valence-corrected chi connectivity index (χ4v) is 2.21. The van der Waals surface area contributed by atoms with Gasteiger partial charge in [-0.1, -0.05) is 0 Å². The molecule has 0 saturated carbocycles. The van der Waals surface area contributed by atoms with E-state index in [0.29, 0.717) is 19.5 Å². The summed E-state index contributed by atoms with van der Waals surface area (Å²) in [5.74, 6) is 0.396. The quantitative estimate of drug-likeness (QED) is 0.829. The van der Waals surface area contributed by atoms with Crippen molar-refractivity contribution >= 4 is 5.91 Å². The minimum absolute atomic E-state index is 0.156. The normalized spacial score (nSPS) is 21.8. The predicted octanol–water partition coefficient (Wildman–Crippen LogP) is 0.502. The van der Waals surface area contributed by atoms with Crippen LogP contribution in [0.1, 0.15) is 19.8 Å². The zero-order valence-electron chi connectivity index (χ0n) is 10.1. The van der Waals surface area contributed by atoms with Gasteiger partial charge in [0.25, 0.3) is 0 Å². The van der Waals surface area contributed by atoms with E-state index in [1.54, 1.807) is 17.8 Å². The van der Waals surface area contributed by atoms with Crippen LogP contribution in [0.15, 0.2) is 18.5 Å². The largest absolute Gasteiger partial charge is 0.393 e. The first-order valence-corrected chi connectivity index (χ1v) is 6.10. The van der Waals surface area contributed by atoms with Gasteiger partial charge in [-0.3, -0.25) is 9.48 Å². The minimum atomic E-state index is -0.320. The van der Waals surface area contributed by atoms with Gasteiger partial charge in [0.05, 0.1) is 6.10 Å². The molecule has 1 aliphatic heterocycles. The van der Waals surface area contributed by atoms with Crippen molar-refractivity contribution in [2.75, 3.05) is 13.1 Å². The second kappa shape index (κ2) is 5.31. The summed E-state index contributed by atoms with van der Waals surface area (Å²) in [6.45, 7) is 3.88. The van der Waals surface area contributed by atoms with E-state index in [1.807, 2.05) is 17.2 Å². The Balaban J connectivity index is 1.77. The summed E-state index contributed by atoms with van der Waals surface area (Å²) >= 11 is 0. The SMILES string of the molecule is CC(O)C1CCN(C(=O)CCn2cccn2)C1. The molecule has 1 N–H and O–H groups in total. The zero-order valence-corrected chi connectivity index (χ0v) is 10.1. The molecule has 0 radical (unpaired) electrons. The lowest BCUT2D eigenvalue weighted by molar-refractivity contribution is -0.130. The number of aliphatic hydroxyl groups excluding tert-OH is 1. The minimum Gasteiger partial charge on any atom is -0.393 e. The molecule has 2 rings (SSSR count). The lowest BCUT2D eigenvalue weighted by Crippen LogP contribution is -2.31. The molecule has 1 aliphatic rings. The van der Waals surface area contributed by atoms with Crippen molar-refractivity contribution in [2.45, 2.75) is 32.4 Å². The van der Waals surface area contributed by atoms with E-state index in [2.05, 4.69) is 5.10 Å². The second-order valence-electron chi connectivity index (χ2n) is 4.65. The maximum absolute atomic E-state index is 11.9. The number of rotatable bonds is 4. The summed E-state index contributed by atoms with van der Waals surface area (Å²) in [5.41, 5.74) is 0. The van der Waals surface area contributed by atoms with Crippen LogP contribution in [-0.2, 0) is 11.3 Å². The fourth-order valence-electron chi connectivity index (χ4n) is 2.21. The Kier molecular flexibility index (Phi) is 3.78. The molecule has 2 unspecified atom stereocenters. The van der Waals surface area contributed by atoms with Gasteiger partial charge < -0.3 is 10.0 Å². The maximum Gasteiger partial charge on any atom is 0.224 e. The van der Waals surface area contributed by atoms with Gasteiger partial charge in [0, 0.05) is 44.4 Å². The molecule has 0 spiro atoms. The average Bonchev–Trinajstić information content (AvgIpc) is 2.96. The Bertz CT molecular complexity index is 362. The number of hydrogen-bond donors (Lipinski definition) is 1. The first kappa shape index (κ1) is 12.1. The van der Waals surface area contributed by atoms with Crippen LogP contribution in [0.2, 0.25) is 0 Å². The Morgan fingerprint density at radius 2 is 2.47 bits per heavy atom. The Labute approximate surface area is 101 Å². The summed E-state index contributed by atoms with van der Waals surface area (Å²) in [5, 5.41) is 13.5. The zero-order chi connectivity index (χ0) is 12.3. The molecule has 0 aliphatic carbocycles. The number of amides is 1. The molecule has 1 fully saturated rings. The summed E-state index contributed by atoms with van der Waals surface area (Å²) in [6.07, 6.45) is 4.64. The van der Waals surface area contributed by atoms with Gasteiger partial charge in [0.2, 0.25) is 5.91 Å². The van der Waals surface area contributed by atoms with Crippen molar-refractivity contribution in [1.82, 2.24) is 14.7 Å². The standard InChI is InChI=1S/C12H19N3O2/c1-10(16)11-3-7-14(9-11)12(17)4-8-15-6-2-5-13-15/h2,5-6,10-11,16H,3-4,7-9H2,1H3. The molecule has 1 aromatic heterocycles. The summed E-state index contributed by atoms with van der Waals surface area (Å²) in [6, 6.07) is 1.85. The molecule has 5 heteroatoms. The Hall–Kier alpha value is -1.36. The molecule has 0 aromatic carbocycles. The van der Waals surface area contributed by atoms with E-state index >= 15 is 0 Å². The van der Waals surface area contributed by atoms with Gasteiger partial charge in [0.15, 0.2) is 0 Å². The first-order chi connectivity index (χ1) is 8.16. The Morgan fingerprint density at radius 3 is 3.06 bits per heavy atom. The molecule has 94 valence electrons. The summed E-state index contributed by atoms with van der Waals surface area (Å²) < 4.78 is 1.76. The third kappa shape index (κ3) is 3.06. The van der Waals surface area contributed by atoms with Crippen molar-refractivity contribution in [3.05, 3.63) is 18.5 Å². The van der Waals surface area contributed by atoms with E-state index in [4.69, 9.17) is 0 Å². The van der Waals surface area contributed by atoms with Crippen LogP contribution >= 0.6 is 0 Å². The van der Waals surface area contributed by atoms with Crippen LogP contribution in [0.25, 0.3) is 0 Å². The van der Waals surface area contributed by atoms with Crippen LogP contribution in [0.3, 0.4) is 0 Å². The van der Waals surface area contributed by atoms with E-state index < -0.39 is 0 Å². The van der Waals surface area contributed by atoms with Gasteiger partial charge in [-0.2, -0.15) is 5.10 Å². The lowest BCUT2D eigenvalue weighted by atomic mass is 10.0. The maximum atomic E-state index is 11.9. The molecular weight excluding hydrogens is 218 g/mol. The molecule has 5 nitrogen and oxygen atoms in total. The van der Waals surface area contributed by atoms with Crippen molar-refractivity contribution in [2.24, 2.45) is 5.92 Å². The number of aromatic nitrogens is 2. The number of likely N-dealkylation sites (tertiary alicyclic amines) is 1. The topological polar surface area (TPSA) is 58.4 Å². The molecule has 2 atom stereocenters. The first-order valence-electron chi connectivity index (χ1n) is 6.10. The lowest BCUT2D eigenvalue weighted by Gasteiger charge is -2.17. The van der Waals surface area contributed by atoms with Gasteiger partial charge >= 0.3 is 0 Å². The fraction of sp³-hybridized carbons (Fsp3) is 0.667. The highest BCUT2D eigenvalue weighted by Gasteiger charge is 2.28. The predicted molar refractivity (Wildman–Crippen MR) is 63.2 cm³/mol. The number of carbonyl (C=O) groups excluding carboxylic acids is 1. The van der Waals surface area contributed by atoms with Crippen molar-refractivity contribution in [1.29, 1.82) is 0 Å². The summed E-state index contributed by atoms with van der Waals surface area (Å²) in [4.78, 5) is 13.8. The van der Waals surface area contributed by atoms with Crippen LogP contribution in [0.4, 0.5) is 0 Å². The van der Waals surface area contributed by atoms with Gasteiger partial charge in [0.1, 0.15) is 0 Å². The highest BCUT2D eigenvalue weighted by Crippen LogP contribution is 2.20. The number of carbonyl (C=O) groups is 1. The van der Waals surface area contributed by atoms with Crippen LogP contribution in [0, 0.1) is 5.92 Å². The van der Waals surface area contributed by atoms with Gasteiger partial charge in [-0.05, 0) is 19.4 Å². The van der Waals surface area contributed by atoms with Crippen LogP contribution in [0.5, 0.6) is 0 Å². The number of nitrogens with zero attached hydrogens (tertiary/aromatic N) is 3. The van der Waals surface area contributed by atoms with Crippen LogP contribution in [-0.4, -0.2) is 44.9 Å². The van der Waals surface area contributed by atoms with Crippen molar-refractivity contribution < 1.29 is 9.90 Å². The van der Waals surface area contributed by atoms with Crippen molar-refractivity contribution in [3.8, 4) is 0 Å². The monoisotopic (exact) mass is 237 g/mol. The number of hydrogen-bond acceptors (Lipinski definition) is 3. The molecule has 17 heavy (non-hydrogen) atoms. The molecule has 1 amide bonds. The molecule has 1 aromatic rings. The number of aryl methyl sites for hydroxylation is 1. The smallest absolute Gasteiger partial charge is 0.224 e. The third-order valence-corrected chi connectivity index (χ3v) is 3.37. The van der Waals surface area contributed by atoms with Crippen LogP contribution < -0.4 is 0 Å². The molecule has 0 bridgehead atoms. The number of aliphatic hydroxyl groups is 1. The Morgan fingerprint density at radius 1 is 1.65 bits per heavy atom. The highest BCUT2D eigenvalue weighted by molar-refractivity contribution is 5.76. The molecular formula is C12H19N3O2. The van der Waals surface area contributed by atoms with E-state index in [-0.39, 0.29) is 17.9 Å². The highest BCUT2D eigenvalue weighted by atomic mass is 16.3. The second-order valence-corrected chi connectivity index (χ2v) is 4.65. The average molecular weight is 237 g/mol. The van der Waals surface area contributed by atoms with E-state index in [0.717, 1.165) is 13.0 Å². The van der Waals surface area contributed by atoms with Gasteiger partial charge in [-0.25, -0.2) is 0 Å². The molecule has 2 heterocycles. The van der Waals surface area contributed by atoms with Gasteiger partial charge in [-0.15, -0.1) is 0 Å². The van der Waals surface area contributed by atoms with Crippen molar-refractivity contribution in [3.63, 3.8) is 0 Å². The van der Waals surface area contributed by atoms with E-state index in [9.17, 15) is 9.90 Å².